The van der Waals surface area contributed by atoms with Crippen LogP contribution in [0.3, 0.4) is 0 Å². The number of hydrogen-bond donors (Lipinski definition) is 4. The topological polar surface area (TPSA) is 115 Å². The molecular formula is C26H36O6S. The van der Waals surface area contributed by atoms with E-state index < -0.39 is 34.9 Å². The summed E-state index contributed by atoms with van der Waals surface area (Å²) in [7, 11) is 0. The van der Waals surface area contributed by atoms with Gasteiger partial charge in [-0.25, -0.2) is 0 Å². The first-order chi connectivity index (χ1) is 15.5. The van der Waals surface area contributed by atoms with Crippen molar-refractivity contribution in [2.75, 3.05) is 11.5 Å². The van der Waals surface area contributed by atoms with E-state index in [4.69, 9.17) is 0 Å². The molecule has 0 radical (unpaired) electrons. The van der Waals surface area contributed by atoms with Gasteiger partial charge in [0.05, 0.1) is 5.92 Å². The van der Waals surface area contributed by atoms with Crippen LogP contribution in [-0.2, 0) is 4.79 Å². The van der Waals surface area contributed by atoms with Crippen molar-refractivity contribution in [3.05, 3.63) is 52.6 Å². The number of phenolic OH excluding ortho intramolecular Hbond substituents is 3. The van der Waals surface area contributed by atoms with Crippen LogP contribution in [0.4, 0.5) is 0 Å². The van der Waals surface area contributed by atoms with Crippen molar-refractivity contribution in [2.24, 2.45) is 5.92 Å². The van der Waals surface area contributed by atoms with Gasteiger partial charge in [0.1, 0.15) is 0 Å². The molecule has 4 N–H and O–H groups in total. The Morgan fingerprint density at radius 2 is 1.45 bits per heavy atom. The summed E-state index contributed by atoms with van der Waals surface area (Å²) in [5.74, 6) is -3.52. The Hall–Kier alpha value is -2.67. The summed E-state index contributed by atoms with van der Waals surface area (Å²) in [5.41, 5.74) is 3.93. The summed E-state index contributed by atoms with van der Waals surface area (Å²) in [6.45, 7) is 8.43. The zero-order valence-corrected chi connectivity index (χ0v) is 20.7. The largest absolute Gasteiger partial charge is 0.504 e. The maximum absolute atomic E-state index is 12.4. The maximum Gasteiger partial charge on any atom is 0.307 e. The van der Waals surface area contributed by atoms with Crippen LogP contribution < -0.4 is 0 Å². The van der Waals surface area contributed by atoms with Gasteiger partial charge in [-0.05, 0) is 65.5 Å². The standard InChI is InChI=1S/C26H36O6S/c1-17(2)7-5-8-18(3)9-6-10-19(4)11-12-33-16-21(26(31)32)15-22(27)20-13-23(28)25(30)24(29)14-20/h7,9,11,13-14,21,28-30H,5-6,8,10,12,15-16H2,1-4H3,(H,31,32)/b18-9+,19-11+. The number of carboxylic acid groups (broad SMARTS) is 1. The van der Waals surface area contributed by atoms with Crippen molar-refractivity contribution in [3.63, 3.8) is 0 Å². The van der Waals surface area contributed by atoms with Gasteiger partial charge in [0.15, 0.2) is 23.0 Å². The average Bonchev–Trinajstić information content (AvgIpc) is 2.73. The highest BCUT2D eigenvalue weighted by Crippen LogP contribution is 2.36. The summed E-state index contributed by atoms with van der Waals surface area (Å²) >= 11 is 1.45. The third kappa shape index (κ3) is 11.1. The fourth-order valence-electron chi connectivity index (χ4n) is 3.07. The zero-order valence-electron chi connectivity index (χ0n) is 19.9. The lowest BCUT2D eigenvalue weighted by Crippen LogP contribution is -2.20. The van der Waals surface area contributed by atoms with Gasteiger partial charge >= 0.3 is 5.97 Å². The lowest BCUT2D eigenvalue weighted by Gasteiger charge is -2.12. The number of carbonyl (C=O) groups excluding carboxylic acids is 1. The number of thioether (sulfide) groups is 1. The molecule has 0 amide bonds. The van der Waals surface area contributed by atoms with E-state index in [9.17, 15) is 30.0 Å². The van der Waals surface area contributed by atoms with Crippen LogP contribution in [0.2, 0.25) is 0 Å². The van der Waals surface area contributed by atoms with Crippen LogP contribution in [-0.4, -0.2) is 43.7 Å². The summed E-state index contributed by atoms with van der Waals surface area (Å²) in [6, 6.07) is 2.04. The number of aliphatic carboxylic acids is 1. The highest BCUT2D eigenvalue weighted by Gasteiger charge is 2.23. The summed E-state index contributed by atoms with van der Waals surface area (Å²) in [6.07, 6.45) is 10.4. The number of phenols is 3. The molecule has 1 aromatic rings. The molecule has 0 saturated carbocycles. The maximum atomic E-state index is 12.4. The first-order valence-corrected chi connectivity index (χ1v) is 12.2. The van der Waals surface area contributed by atoms with Crippen molar-refractivity contribution < 1.29 is 30.0 Å². The molecule has 182 valence electrons. The molecule has 0 spiro atoms. The quantitative estimate of drug-likeness (QED) is 0.109. The smallest absolute Gasteiger partial charge is 0.307 e. The van der Waals surface area contributed by atoms with Crippen LogP contribution in [0.5, 0.6) is 17.2 Å². The molecule has 1 atom stereocenters. The minimum Gasteiger partial charge on any atom is -0.504 e. The van der Waals surface area contributed by atoms with Crippen molar-refractivity contribution in [3.8, 4) is 17.2 Å². The molecule has 1 unspecified atom stereocenters. The Kier molecular flexibility index (Phi) is 12.4. The number of carbonyl (C=O) groups is 2. The van der Waals surface area contributed by atoms with E-state index in [-0.39, 0.29) is 17.7 Å². The Morgan fingerprint density at radius 3 is 2.00 bits per heavy atom. The van der Waals surface area contributed by atoms with E-state index in [1.165, 1.54) is 28.5 Å². The Bertz CT molecular complexity index is 886. The van der Waals surface area contributed by atoms with E-state index >= 15 is 0 Å². The van der Waals surface area contributed by atoms with Crippen LogP contribution in [0.1, 0.15) is 70.2 Å². The van der Waals surface area contributed by atoms with E-state index in [0.29, 0.717) is 5.75 Å². The van der Waals surface area contributed by atoms with Gasteiger partial charge in [0, 0.05) is 23.5 Å². The molecule has 1 aromatic carbocycles. The molecule has 0 aromatic heterocycles. The molecule has 0 aliphatic carbocycles. The average molecular weight is 477 g/mol. The fraction of sp³-hybridized carbons (Fsp3) is 0.462. The van der Waals surface area contributed by atoms with Crippen molar-refractivity contribution in [2.45, 2.75) is 59.8 Å². The molecule has 33 heavy (non-hydrogen) atoms. The van der Waals surface area contributed by atoms with Gasteiger partial charge in [-0.1, -0.05) is 34.9 Å². The lowest BCUT2D eigenvalue weighted by molar-refractivity contribution is -0.140. The molecule has 7 heteroatoms. The van der Waals surface area contributed by atoms with E-state index in [0.717, 1.165) is 37.8 Å². The van der Waals surface area contributed by atoms with Gasteiger partial charge in [0.25, 0.3) is 0 Å². The Labute approximate surface area is 200 Å². The first-order valence-electron chi connectivity index (χ1n) is 11.0. The molecule has 1 rings (SSSR count). The monoisotopic (exact) mass is 476 g/mol. The number of rotatable bonds is 14. The number of Topliss-reactive ketones (excluding diaryl/α,β-unsaturated/α-hetero) is 1. The molecule has 0 aliphatic heterocycles. The zero-order chi connectivity index (χ0) is 25.0. The van der Waals surface area contributed by atoms with Gasteiger partial charge in [0.2, 0.25) is 0 Å². The SMILES string of the molecule is CC(C)=CCC/C(C)=C/CC/C(C)=C/CSCC(CC(=O)c1cc(O)c(O)c(O)c1)C(=O)O. The molecular weight excluding hydrogens is 440 g/mol. The normalized spacial score (nSPS) is 13.0. The second-order valence-corrected chi connectivity index (χ2v) is 9.60. The second-order valence-electron chi connectivity index (χ2n) is 8.52. The third-order valence-electron chi connectivity index (χ3n) is 5.16. The summed E-state index contributed by atoms with van der Waals surface area (Å²) < 4.78 is 0. The first kappa shape index (κ1) is 28.4. The van der Waals surface area contributed by atoms with Gasteiger partial charge in [-0.3, -0.25) is 9.59 Å². The Balaban J connectivity index is 2.48. The van der Waals surface area contributed by atoms with Crippen LogP contribution >= 0.6 is 11.8 Å². The van der Waals surface area contributed by atoms with E-state index in [2.05, 4.69) is 45.9 Å². The van der Waals surface area contributed by atoms with E-state index in [1.807, 2.05) is 0 Å². The van der Waals surface area contributed by atoms with Gasteiger partial charge in [-0.15, -0.1) is 0 Å². The highest BCUT2D eigenvalue weighted by atomic mass is 32.2. The number of benzene rings is 1. The minimum absolute atomic E-state index is 0.0426. The number of hydrogen-bond acceptors (Lipinski definition) is 6. The van der Waals surface area contributed by atoms with E-state index in [1.54, 1.807) is 0 Å². The number of carboxylic acids is 1. The van der Waals surface area contributed by atoms with Crippen molar-refractivity contribution >= 4 is 23.5 Å². The van der Waals surface area contributed by atoms with Crippen molar-refractivity contribution in [1.29, 1.82) is 0 Å². The highest BCUT2D eigenvalue weighted by molar-refractivity contribution is 7.99. The summed E-state index contributed by atoms with van der Waals surface area (Å²) in [4.78, 5) is 24.0. The number of allylic oxidation sites excluding steroid dienone is 5. The predicted octanol–water partition coefficient (Wildman–Crippen LogP) is 6.23. The second kappa shape index (κ2) is 14.5. The van der Waals surface area contributed by atoms with Crippen LogP contribution in [0.15, 0.2) is 47.1 Å². The van der Waals surface area contributed by atoms with Gasteiger partial charge < -0.3 is 20.4 Å². The molecule has 0 saturated heterocycles. The predicted molar refractivity (Wildman–Crippen MR) is 134 cm³/mol. The minimum atomic E-state index is -1.07. The molecule has 0 aliphatic rings. The molecule has 6 nitrogen and oxygen atoms in total. The number of ketones is 1. The molecule has 0 bridgehead atoms. The van der Waals surface area contributed by atoms with Crippen LogP contribution in [0, 0.1) is 5.92 Å². The molecule has 0 heterocycles. The molecule has 0 fully saturated rings. The third-order valence-corrected chi connectivity index (χ3v) is 6.20. The lowest BCUT2D eigenvalue weighted by atomic mass is 9.99. The van der Waals surface area contributed by atoms with Crippen molar-refractivity contribution in [1.82, 2.24) is 0 Å². The fourth-order valence-corrected chi connectivity index (χ4v) is 4.16. The summed E-state index contributed by atoms with van der Waals surface area (Å²) in [5, 5.41) is 38.0. The van der Waals surface area contributed by atoms with Crippen LogP contribution in [0.25, 0.3) is 0 Å². The van der Waals surface area contributed by atoms with Gasteiger partial charge in [-0.2, -0.15) is 11.8 Å². The Morgan fingerprint density at radius 1 is 0.909 bits per heavy atom. The number of aromatic hydroxyl groups is 3.